The van der Waals surface area contributed by atoms with E-state index in [0.717, 1.165) is 18.8 Å². The SMILES string of the molecule is CCNCc1ccc(NC(=O)N2CCOCC2)cc1. The van der Waals surface area contributed by atoms with Crippen LogP contribution in [0.15, 0.2) is 24.3 Å². The van der Waals surface area contributed by atoms with E-state index in [1.807, 2.05) is 24.3 Å². The molecule has 1 heterocycles. The molecular weight excluding hydrogens is 242 g/mol. The number of morpholine rings is 1. The van der Waals surface area contributed by atoms with E-state index in [1.54, 1.807) is 4.90 Å². The molecule has 0 spiro atoms. The van der Waals surface area contributed by atoms with Crippen LogP contribution in [-0.2, 0) is 11.3 Å². The highest BCUT2D eigenvalue weighted by Crippen LogP contribution is 2.11. The number of carbonyl (C=O) groups excluding carboxylic acids is 1. The summed E-state index contributed by atoms with van der Waals surface area (Å²) in [7, 11) is 0. The van der Waals surface area contributed by atoms with Gasteiger partial charge < -0.3 is 20.3 Å². The maximum atomic E-state index is 12.0. The van der Waals surface area contributed by atoms with E-state index < -0.39 is 0 Å². The molecule has 2 amide bonds. The smallest absolute Gasteiger partial charge is 0.321 e. The number of amides is 2. The van der Waals surface area contributed by atoms with Crippen LogP contribution < -0.4 is 10.6 Å². The highest BCUT2D eigenvalue weighted by Gasteiger charge is 2.16. The van der Waals surface area contributed by atoms with Crippen molar-refractivity contribution in [3.8, 4) is 0 Å². The molecule has 5 nitrogen and oxygen atoms in total. The van der Waals surface area contributed by atoms with Crippen molar-refractivity contribution in [2.45, 2.75) is 13.5 Å². The lowest BCUT2D eigenvalue weighted by Gasteiger charge is -2.26. The van der Waals surface area contributed by atoms with Crippen molar-refractivity contribution < 1.29 is 9.53 Å². The summed E-state index contributed by atoms with van der Waals surface area (Å²) >= 11 is 0. The summed E-state index contributed by atoms with van der Waals surface area (Å²) in [6, 6.07) is 7.87. The molecule has 0 saturated carbocycles. The first-order valence-corrected chi connectivity index (χ1v) is 6.73. The normalized spacial score (nSPS) is 15.3. The largest absolute Gasteiger partial charge is 0.378 e. The molecule has 2 rings (SSSR count). The Hall–Kier alpha value is -1.59. The Morgan fingerprint density at radius 2 is 1.95 bits per heavy atom. The minimum absolute atomic E-state index is 0.0530. The van der Waals surface area contributed by atoms with E-state index in [0.29, 0.717) is 26.3 Å². The average molecular weight is 263 g/mol. The van der Waals surface area contributed by atoms with E-state index in [2.05, 4.69) is 17.6 Å². The zero-order valence-corrected chi connectivity index (χ0v) is 11.3. The van der Waals surface area contributed by atoms with Crippen LogP contribution in [0.5, 0.6) is 0 Å². The lowest BCUT2D eigenvalue weighted by atomic mass is 10.2. The average Bonchev–Trinajstić information content (AvgIpc) is 2.47. The van der Waals surface area contributed by atoms with E-state index in [9.17, 15) is 4.79 Å². The topological polar surface area (TPSA) is 53.6 Å². The van der Waals surface area contributed by atoms with Crippen molar-refractivity contribution in [2.75, 3.05) is 38.2 Å². The Kier molecular flexibility index (Phi) is 5.18. The Morgan fingerprint density at radius 1 is 1.26 bits per heavy atom. The number of nitrogens with one attached hydrogen (secondary N) is 2. The molecule has 0 unspecified atom stereocenters. The minimum atomic E-state index is -0.0530. The van der Waals surface area contributed by atoms with Crippen molar-refractivity contribution >= 4 is 11.7 Å². The zero-order chi connectivity index (χ0) is 13.5. The van der Waals surface area contributed by atoms with Crippen molar-refractivity contribution in [1.29, 1.82) is 0 Å². The van der Waals surface area contributed by atoms with Gasteiger partial charge in [-0.3, -0.25) is 0 Å². The Balaban J connectivity index is 1.86. The van der Waals surface area contributed by atoms with Crippen LogP contribution in [0.4, 0.5) is 10.5 Å². The quantitative estimate of drug-likeness (QED) is 0.868. The Morgan fingerprint density at radius 3 is 2.58 bits per heavy atom. The van der Waals surface area contributed by atoms with E-state index >= 15 is 0 Å². The Bertz CT molecular complexity index is 400. The molecule has 2 N–H and O–H groups in total. The lowest BCUT2D eigenvalue weighted by molar-refractivity contribution is 0.0564. The summed E-state index contributed by atoms with van der Waals surface area (Å²) in [5, 5.41) is 6.17. The molecule has 0 atom stereocenters. The maximum Gasteiger partial charge on any atom is 0.321 e. The van der Waals surface area contributed by atoms with Crippen molar-refractivity contribution in [3.05, 3.63) is 29.8 Å². The van der Waals surface area contributed by atoms with Gasteiger partial charge in [-0.25, -0.2) is 4.79 Å². The molecule has 1 fully saturated rings. The second-order valence-electron chi connectivity index (χ2n) is 4.51. The second kappa shape index (κ2) is 7.11. The first-order chi connectivity index (χ1) is 9.29. The van der Waals surface area contributed by atoms with Gasteiger partial charge in [-0.1, -0.05) is 19.1 Å². The third-order valence-electron chi connectivity index (χ3n) is 3.08. The van der Waals surface area contributed by atoms with Gasteiger partial charge in [-0.05, 0) is 24.2 Å². The summed E-state index contributed by atoms with van der Waals surface area (Å²) < 4.78 is 5.22. The minimum Gasteiger partial charge on any atom is -0.378 e. The van der Waals surface area contributed by atoms with Gasteiger partial charge in [0.15, 0.2) is 0 Å². The first kappa shape index (κ1) is 13.8. The van der Waals surface area contributed by atoms with Gasteiger partial charge in [0.05, 0.1) is 13.2 Å². The molecular formula is C14H21N3O2. The van der Waals surface area contributed by atoms with Crippen molar-refractivity contribution in [3.63, 3.8) is 0 Å². The summed E-state index contributed by atoms with van der Waals surface area (Å²) in [5.74, 6) is 0. The predicted octanol–water partition coefficient (Wildman–Crippen LogP) is 1.66. The van der Waals surface area contributed by atoms with Crippen LogP contribution in [0.25, 0.3) is 0 Å². The first-order valence-electron chi connectivity index (χ1n) is 6.73. The lowest BCUT2D eigenvalue weighted by Crippen LogP contribution is -2.43. The molecule has 0 radical (unpaired) electrons. The highest BCUT2D eigenvalue weighted by atomic mass is 16.5. The fourth-order valence-electron chi connectivity index (χ4n) is 1.94. The number of benzene rings is 1. The summed E-state index contributed by atoms with van der Waals surface area (Å²) in [6.45, 7) is 6.44. The molecule has 19 heavy (non-hydrogen) atoms. The van der Waals surface area contributed by atoms with Crippen LogP contribution in [0, 0.1) is 0 Å². The molecule has 104 valence electrons. The van der Waals surface area contributed by atoms with Crippen LogP contribution in [0.3, 0.4) is 0 Å². The number of nitrogens with zero attached hydrogens (tertiary/aromatic N) is 1. The standard InChI is InChI=1S/C14H21N3O2/c1-2-15-11-12-3-5-13(6-4-12)16-14(18)17-7-9-19-10-8-17/h3-6,15H,2,7-11H2,1H3,(H,16,18). The summed E-state index contributed by atoms with van der Waals surface area (Å²) in [6.07, 6.45) is 0. The molecule has 0 aliphatic carbocycles. The van der Waals surface area contributed by atoms with Crippen LogP contribution in [-0.4, -0.2) is 43.8 Å². The molecule has 1 aliphatic heterocycles. The van der Waals surface area contributed by atoms with Crippen LogP contribution in [0.2, 0.25) is 0 Å². The van der Waals surface area contributed by atoms with Gasteiger partial charge in [0.1, 0.15) is 0 Å². The number of ether oxygens (including phenoxy) is 1. The van der Waals surface area contributed by atoms with Crippen LogP contribution >= 0.6 is 0 Å². The van der Waals surface area contributed by atoms with E-state index in [1.165, 1.54) is 5.56 Å². The van der Waals surface area contributed by atoms with Gasteiger partial charge in [0.25, 0.3) is 0 Å². The second-order valence-corrected chi connectivity index (χ2v) is 4.51. The number of anilines is 1. The van der Waals surface area contributed by atoms with Gasteiger partial charge in [0.2, 0.25) is 0 Å². The Labute approximate surface area is 113 Å². The number of carbonyl (C=O) groups is 1. The molecule has 0 aromatic heterocycles. The van der Waals surface area contributed by atoms with Gasteiger partial charge in [-0.2, -0.15) is 0 Å². The van der Waals surface area contributed by atoms with Gasteiger partial charge in [-0.15, -0.1) is 0 Å². The number of urea groups is 1. The summed E-state index contributed by atoms with van der Waals surface area (Å²) in [4.78, 5) is 13.7. The molecule has 1 aliphatic rings. The molecule has 1 saturated heterocycles. The fourth-order valence-corrected chi connectivity index (χ4v) is 1.94. The number of hydrogen-bond acceptors (Lipinski definition) is 3. The van der Waals surface area contributed by atoms with Crippen LogP contribution in [0.1, 0.15) is 12.5 Å². The highest BCUT2D eigenvalue weighted by molar-refractivity contribution is 5.89. The third kappa shape index (κ3) is 4.22. The number of rotatable bonds is 4. The van der Waals surface area contributed by atoms with Crippen molar-refractivity contribution in [2.24, 2.45) is 0 Å². The van der Waals surface area contributed by atoms with Gasteiger partial charge >= 0.3 is 6.03 Å². The van der Waals surface area contributed by atoms with E-state index in [4.69, 9.17) is 4.74 Å². The van der Waals surface area contributed by atoms with E-state index in [-0.39, 0.29) is 6.03 Å². The fraction of sp³-hybridized carbons (Fsp3) is 0.500. The molecule has 5 heteroatoms. The zero-order valence-electron chi connectivity index (χ0n) is 11.3. The predicted molar refractivity (Wildman–Crippen MR) is 75.2 cm³/mol. The van der Waals surface area contributed by atoms with Crippen molar-refractivity contribution in [1.82, 2.24) is 10.2 Å². The molecule has 0 bridgehead atoms. The summed E-state index contributed by atoms with van der Waals surface area (Å²) in [5.41, 5.74) is 2.04. The monoisotopic (exact) mass is 263 g/mol. The maximum absolute atomic E-state index is 12.0. The molecule has 1 aromatic carbocycles. The molecule has 1 aromatic rings. The van der Waals surface area contributed by atoms with Gasteiger partial charge in [0, 0.05) is 25.3 Å². The third-order valence-corrected chi connectivity index (χ3v) is 3.08. The number of hydrogen-bond donors (Lipinski definition) is 2.